The van der Waals surface area contributed by atoms with E-state index in [2.05, 4.69) is 0 Å². The summed E-state index contributed by atoms with van der Waals surface area (Å²) in [7, 11) is 0. The van der Waals surface area contributed by atoms with Crippen LogP contribution in [-0.4, -0.2) is 23.7 Å². The van der Waals surface area contributed by atoms with Crippen molar-refractivity contribution in [2.24, 2.45) is 0 Å². The van der Waals surface area contributed by atoms with Gasteiger partial charge in [-0.3, -0.25) is 4.79 Å². The molecule has 0 aromatic heterocycles. The molecule has 0 atom stereocenters. The smallest absolute Gasteiger partial charge is 0.328 e. The number of hydrogen-bond donors (Lipinski definition) is 1. The zero-order valence-corrected chi connectivity index (χ0v) is 9.55. The summed E-state index contributed by atoms with van der Waals surface area (Å²) in [6.07, 6.45) is 2.66. The van der Waals surface area contributed by atoms with E-state index in [1.165, 1.54) is 6.08 Å². The second kappa shape index (κ2) is 6.48. The maximum atomic E-state index is 11.3. The van der Waals surface area contributed by atoms with Crippen LogP contribution in [0.1, 0.15) is 18.1 Å². The third-order valence-electron chi connectivity index (χ3n) is 2.10. The molecular formula is C13H14O4. The molecule has 1 aromatic rings. The van der Waals surface area contributed by atoms with Crippen molar-refractivity contribution < 1.29 is 19.4 Å². The Kier molecular flexibility index (Phi) is 4.94. The molecule has 0 amide bonds. The fourth-order valence-corrected chi connectivity index (χ4v) is 1.39. The van der Waals surface area contributed by atoms with Crippen LogP contribution < -0.4 is 0 Å². The van der Waals surface area contributed by atoms with Crippen molar-refractivity contribution in [2.45, 2.75) is 13.3 Å². The van der Waals surface area contributed by atoms with Gasteiger partial charge in [0.2, 0.25) is 0 Å². The molecule has 1 rings (SSSR count). The molecule has 0 aliphatic carbocycles. The van der Waals surface area contributed by atoms with Crippen LogP contribution in [-0.2, 0) is 20.7 Å². The summed E-state index contributed by atoms with van der Waals surface area (Å²) in [6.45, 7) is 2.08. The zero-order valence-electron chi connectivity index (χ0n) is 9.55. The number of carboxylic acid groups (broad SMARTS) is 1. The lowest BCUT2D eigenvalue weighted by Gasteiger charge is -2.05. The molecule has 0 unspecified atom stereocenters. The van der Waals surface area contributed by atoms with Gasteiger partial charge >= 0.3 is 11.9 Å². The van der Waals surface area contributed by atoms with Gasteiger partial charge in [-0.1, -0.05) is 24.3 Å². The number of benzene rings is 1. The van der Waals surface area contributed by atoms with Crippen molar-refractivity contribution in [3.05, 3.63) is 41.5 Å². The highest BCUT2D eigenvalue weighted by molar-refractivity contribution is 5.86. The van der Waals surface area contributed by atoms with Crippen LogP contribution in [0.5, 0.6) is 0 Å². The third-order valence-corrected chi connectivity index (χ3v) is 2.10. The summed E-state index contributed by atoms with van der Waals surface area (Å²) in [6, 6.07) is 7.12. The summed E-state index contributed by atoms with van der Waals surface area (Å²) >= 11 is 0. The van der Waals surface area contributed by atoms with E-state index in [4.69, 9.17) is 9.84 Å². The summed E-state index contributed by atoms with van der Waals surface area (Å²) < 4.78 is 4.85. The van der Waals surface area contributed by atoms with Crippen molar-refractivity contribution >= 4 is 18.0 Å². The maximum absolute atomic E-state index is 11.3. The molecule has 0 aliphatic rings. The first-order valence-electron chi connectivity index (χ1n) is 5.28. The van der Waals surface area contributed by atoms with Crippen LogP contribution in [0, 0.1) is 0 Å². The van der Waals surface area contributed by atoms with Crippen LogP contribution in [0.2, 0.25) is 0 Å². The molecule has 17 heavy (non-hydrogen) atoms. The second-order valence-electron chi connectivity index (χ2n) is 3.35. The zero-order chi connectivity index (χ0) is 12.7. The van der Waals surface area contributed by atoms with Crippen molar-refractivity contribution in [3.63, 3.8) is 0 Å². The molecule has 90 valence electrons. The van der Waals surface area contributed by atoms with E-state index >= 15 is 0 Å². The number of esters is 1. The Hall–Kier alpha value is -2.10. The Morgan fingerprint density at radius 1 is 1.35 bits per heavy atom. The maximum Gasteiger partial charge on any atom is 0.328 e. The van der Waals surface area contributed by atoms with Crippen molar-refractivity contribution in [2.75, 3.05) is 6.61 Å². The molecule has 4 heteroatoms. The molecule has 1 aromatic carbocycles. The molecular weight excluding hydrogens is 220 g/mol. The standard InChI is InChI=1S/C13H14O4/c1-2-17-13(16)9-11-6-4-3-5-10(11)7-8-12(14)15/h3-8H,2,9H2,1H3,(H,14,15). The lowest BCUT2D eigenvalue weighted by molar-refractivity contribution is -0.142. The van der Waals surface area contributed by atoms with Crippen molar-refractivity contribution in [1.82, 2.24) is 0 Å². The number of hydrogen-bond acceptors (Lipinski definition) is 3. The molecule has 0 fully saturated rings. The van der Waals surface area contributed by atoms with E-state index in [-0.39, 0.29) is 12.4 Å². The lowest BCUT2D eigenvalue weighted by Crippen LogP contribution is -2.08. The van der Waals surface area contributed by atoms with Gasteiger partial charge in [-0.25, -0.2) is 4.79 Å². The average Bonchev–Trinajstić information content (AvgIpc) is 2.28. The second-order valence-corrected chi connectivity index (χ2v) is 3.35. The number of aliphatic carboxylic acids is 1. The first-order valence-corrected chi connectivity index (χ1v) is 5.28. The van der Waals surface area contributed by atoms with Crippen LogP contribution in [0.4, 0.5) is 0 Å². The van der Waals surface area contributed by atoms with Gasteiger partial charge in [-0.2, -0.15) is 0 Å². The normalized spacial score (nSPS) is 10.4. The number of rotatable bonds is 5. The molecule has 0 bridgehead atoms. The van der Waals surface area contributed by atoms with Crippen LogP contribution in [0.3, 0.4) is 0 Å². The molecule has 0 aliphatic heterocycles. The predicted molar refractivity (Wildman–Crippen MR) is 63.4 cm³/mol. The molecule has 0 saturated carbocycles. The quantitative estimate of drug-likeness (QED) is 0.624. The van der Waals surface area contributed by atoms with Gasteiger partial charge in [0.25, 0.3) is 0 Å². The van der Waals surface area contributed by atoms with E-state index in [0.29, 0.717) is 12.2 Å². The molecule has 1 N–H and O–H groups in total. The number of ether oxygens (including phenoxy) is 1. The van der Waals surface area contributed by atoms with Crippen LogP contribution in [0.15, 0.2) is 30.3 Å². The third kappa shape index (κ3) is 4.51. The topological polar surface area (TPSA) is 63.6 Å². The Morgan fingerprint density at radius 2 is 2.06 bits per heavy atom. The van der Waals surface area contributed by atoms with E-state index in [1.807, 2.05) is 0 Å². The Morgan fingerprint density at radius 3 is 2.71 bits per heavy atom. The molecule has 0 radical (unpaired) electrons. The fourth-order valence-electron chi connectivity index (χ4n) is 1.39. The minimum Gasteiger partial charge on any atom is -0.478 e. The minimum absolute atomic E-state index is 0.147. The Bertz CT molecular complexity index is 435. The molecule has 4 nitrogen and oxygen atoms in total. The SMILES string of the molecule is CCOC(=O)Cc1ccccc1C=CC(=O)O. The van der Waals surface area contributed by atoms with Crippen molar-refractivity contribution in [3.8, 4) is 0 Å². The summed E-state index contributed by atoms with van der Waals surface area (Å²) in [5.41, 5.74) is 1.46. The van der Waals surface area contributed by atoms with E-state index in [0.717, 1.165) is 11.6 Å². The van der Waals surface area contributed by atoms with Crippen LogP contribution in [0.25, 0.3) is 6.08 Å². The molecule has 0 spiro atoms. The van der Waals surface area contributed by atoms with E-state index in [1.54, 1.807) is 31.2 Å². The van der Waals surface area contributed by atoms with Gasteiger partial charge < -0.3 is 9.84 Å². The fraction of sp³-hybridized carbons (Fsp3) is 0.231. The van der Waals surface area contributed by atoms with Gasteiger partial charge in [0.05, 0.1) is 13.0 Å². The summed E-state index contributed by atoms with van der Waals surface area (Å²) in [5.74, 6) is -1.33. The average molecular weight is 234 g/mol. The lowest BCUT2D eigenvalue weighted by atomic mass is 10.0. The van der Waals surface area contributed by atoms with Crippen LogP contribution >= 0.6 is 0 Å². The first kappa shape index (κ1) is 13.0. The van der Waals surface area contributed by atoms with Gasteiger partial charge in [-0.15, -0.1) is 0 Å². The monoisotopic (exact) mass is 234 g/mol. The number of carbonyl (C=O) groups excluding carboxylic acids is 1. The largest absolute Gasteiger partial charge is 0.478 e. The van der Waals surface area contributed by atoms with Crippen molar-refractivity contribution in [1.29, 1.82) is 0 Å². The highest BCUT2D eigenvalue weighted by Gasteiger charge is 2.06. The van der Waals surface area contributed by atoms with E-state index < -0.39 is 5.97 Å². The minimum atomic E-state index is -1.02. The van der Waals surface area contributed by atoms with Gasteiger partial charge in [0, 0.05) is 6.08 Å². The van der Waals surface area contributed by atoms with Gasteiger partial charge in [0.1, 0.15) is 0 Å². The molecule has 0 saturated heterocycles. The summed E-state index contributed by atoms with van der Waals surface area (Å²) in [5, 5.41) is 8.55. The molecule has 0 heterocycles. The predicted octanol–water partition coefficient (Wildman–Crippen LogP) is 1.89. The highest BCUT2D eigenvalue weighted by atomic mass is 16.5. The number of carbonyl (C=O) groups is 2. The van der Waals surface area contributed by atoms with E-state index in [9.17, 15) is 9.59 Å². The Labute approximate surface area is 99.5 Å². The van der Waals surface area contributed by atoms with Gasteiger partial charge in [0.15, 0.2) is 0 Å². The highest BCUT2D eigenvalue weighted by Crippen LogP contribution is 2.12. The summed E-state index contributed by atoms with van der Waals surface area (Å²) in [4.78, 5) is 21.8. The first-order chi connectivity index (χ1) is 8.13. The number of carboxylic acids is 1. The van der Waals surface area contributed by atoms with Gasteiger partial charge in [-0.05, 0) is 24.1 Å². The Balaban J connectivity index is 2.84.